The molecular formula is C25H26N4O3S2. The number of unbranched alkanes of at least 4 members (excludes halogenated alkanes) is 2. The van der Waals surface area contributed by atoms with E-state index in [-0.39, 0.29) is 23.6 Å². The van der Waals surface area contributed by atoms with Crippen LogP contribution in [0.2, 0.25) is 0 Å². The number of thiocarbonyl (C=S) groups is 1. The Morgan fingerprint density at radius 3 is 2.68 bits per heavy atom. The van der Waals surface area contributed by atoms with E-state index in [0.29, 0.717) is 27.2 Å². The predicted molar refractivity (Wildman–Crippen MR) is 141 cm³/mol. The number of hydrogen-bond donors (Lipinski definition) is 2. The van der Waals surface area contributed by atoms with Gasteiger partial charge in [-0.3, -0.25) is 18.9 Å². The number of amides is 1. The van der Waals surface area contributed by atoms with Gasteiger partial charge < -0.3 is 10.4 Å². The zero-order valence-electron chi connectivity index (χ0n) is 18.8. The van der Waals surface area contributed by atoms with Crippen molar-refractivity contribution < 1.29 is 9.90 Å². The van der Waals surface area contributed by atoms with Crippen LogP contribution in [0.4, 0.5) is 5.82 Å². The Bertz CT molecular complexity index is 1290. The molecule has 176 valence electrons. The molecular weight excluding hydrogens is 468 g/mol. The van der Waals surface area contributed by atoms with Gasteiger partial charge in [0.2, 0.25) is 0 Å². The van der Waals surface area contributed by atoms with Gasteiger partial charge in [-0.05, 0) is 30.2 Å². The third-order valence-corrected chi connectivity index (χ3v) is 6.93. The van der Waals surface area contributed by atoms with Crippen LogP contribution < -0.4 is 10.9 Å². The van der Waals surface area contributed by atoms with Crippen LogP contribution in [0, 0.1) is 0 Å². The van der Waals surface area contributed by atoms with Crippen LogP contribution >= 0.6 is 24.0 Å². The van der Waals surface area contributed by atoms with Crippen molar-refractivity contribution in [2.45, 2.75) is 32.3 Å². The molecule has 1 amide bonds. The number of hydrogen-bond acceptors (Lipinski definition) is 7. The highest BCUT2D eigenvalue weighted by Gasteiger charge is 2.32. The van der Waals surface area contributed by atoms with E-state index in [1.54, 1.807) is 35.4 Å². The van der Waals surface area contributed by atoms with Crippen LogP contribution in [0.15, 0.2) is 64.4 Å². The third kappa shape index (κ3) is 5.22. The van der Waals surface area contributed by atoms with E-state index in [1.165, 1.54) is 16.2 Å². The monoisotopic (exact) mass is 494 g/mol. The minimum Gasteiger partial charge on any atom is -0.387 e. The summed E-state index contributed by atoms with van der Waals surface area (Å²) in [5, 5.41) is 13.7. The van der Waals surface area contributed by atoms with Gasteiger partial charge in [-0.2, -0.15) is 0 Å². The summed E-state index contributed by atoms with van der Waals surface area (Å²) in [7, 11) is 0. The summed E-state index contributed by atoms with van der Waals surface area (Å²) in [6.45, 7) is 2.82. The summed E-state index contributed by atoms with van der Waals surface area (Å²) < 4.78 is 1.93. The predicted octanol–water partition coefficient (Wildman–Crippen LogP) is 4.23. The first-order valence-corrected chi connectivity index (χ1v) is 12.5. The molecule has 0 bridgehead atoms. The smallest absolute Gasteiger partial charge is 0.267 e. The van der Waals surface area contributed by atoms with Crippen LogP contribution in [0.5, 0.6) is 0 Å². The van der Waals surface area contributed by atoms with Crippen molar-refractivity contribution in [1.29, 1.82) is 0 Å². The normalized spacial score (nSPS) is 15.9. The summed E-state index contributed by atoms with van der Waals surface area (Å²) in [6, 6.07) is 14.5. The second-order valence-electron chi connectivity index (χ2n) is 7.96. The summed E-state index contributed by atoms with van der Waals surface area (Å²) in [5.74, 6) is 0.112. The highest BCUT2D eigenvalue weighted by Crippen LogP contribution is 2.33. The number of carbonyl (C=O) groups excluding carboxylic acids is 1. The zero-order valence-corrected chi connectivity index (χ0v) is 20.4. The molecule has 1 aliphatic heterocycles. The summed E-state index contributed by atoms with van der Waals surface area (Å²) in [4.78, 5) is 32.9. The fourth-order valence-corrected chi connectivity index (χ4v) is 4.99. The number of rotatable bonds is 9. The molecule has 1 fully saturated rings. The fourth-order valence-electron chi connectivity index (χ4n) is 3.70. The number of aromatic nitrogens is 2. The first-order chi connectivity index (χ1) is 16.5. The van der Waals surface area contributed by atoms with E-state index >= 15 is 0 Å². The number of pyridine rings is 1. The highest BCUT2D eigenvalue weighted by atomic mass is 32.2. The van der Waals surface area contributed by atoms with Gasteiger partial charge in [-0.25, -0.2) is 4.98 Å². The number of aliphatic hydroxyl groups is 1. The molecule has 3 heterocycles. The Balaban J connectivity index is 1.67. The standard InChI is InChI=1S/C25H26N4O3S2/c1-2-3-8-14-29-24(32)20(34-25(29)33)15-18-22(26-16-19(30)17-10-5-4-6-11-17)27-21-12-7-9-13-28(21)23(18)31/h4-7,9-13,15,19,26,30H,2-3,8,14,16H2,1H3. The minimum absolute atomic E-state index is 0.151. The van der Waals surface area contributed by atoms with Crippen molar-refractivity contribution in [1.82, 2.24) is 14.3 Å². The lowest BCUT2D eigenvalue weighted by Crippen LogP contribution is -2.29. The SMILES string of the molecule is CCCCCN1C(=O)C(=Cc2c(NCC(O)c3ccccc3)nc3ccccn3c2=O)SC1=S. The minimum atomic E-state index is -0.790. The number of nitrogens with one attached hydrogen (secondary N) is 1. The molecule has 1 unspecified atom stereocenters. The molecule has 0 aliphatic carbocycles. The Morgan fingerprint density at radius 1 is 1.15 bits per heavy atom. The van der Waals surface area contributed by atoms with Crippen molar-refractivity contribution in [3.05, 3.63) is 81.1 Å². The Kier molecular flexibility index (Phi) is 7.77. The quantitative estimate of drug-likeness (QED) is 0.261. The van der Waals surface area contributed by atoms with Gasteiger partial charge in [0.1, 0.15) is 15.8 Å². The average Bonchev–Trinajstić information content (AvgIpc) is 3.12. The van der Waals surface area contributed by atoms with E-state index < -0.39 is 6.10 Å². The van der Waals surface area contributed by atoms with Crippen molar-refractivity contribution in [3.8, 4) is 0 Å². The van der Waals surface area contributed by atoms with Crippen molar-refractivity contribution >= 4 is 51.7 Å². The number of nitrogens with zero attached hydrogens (tertiary/aromatic N) is 3. The number of aliphatic hydroxyl groups excluding tert-OH is 1. The van der Waals surface area contributed by atoms with E-state index in [4.69, 9.17) is 12.2 Å². The Morgan fingerprint density at radius 2 is 1.91 bits per heavy atom. The van der Waals surface area contributed by atoms with E-state index in [0.717, 1.165) is 24.8 Å². The number of anilines is 1. The largest absolute Gasteiger partial charge is 0.387 e. The molecule has 1 saturated heterocycles. The molecule has 1 aromatic carbocycles. The van der Waals surface area contributed by atoms with E-state index in [9.17, 15) is 14.7 Å². The number of fused-ring (bicyclic) bond motifs is 1. The van der Waals surface area contributed by atoms with Crippen LogP contribution in [-0.4, -0.2) is 42.7 Å². The first kappa shape index (κ1) is 24.1. The molecule has 1 atom stereocenters. The van der Waals surface area contributed by atoms with Crippen LogP contribution in [0.1, 0.15) is 43.4 Å². The molecule has 0 spiro atoms. The van der Waals surface area contributed by atoms with Crippen LogP contribution in [0.25, 0.3) is 11.7 Å². The number of thioether (sulfide) groups is 1. The molecule has 2 aromatic heterocycles. The molecule has 3 aromatic rings. The molecule has 34 heavy (non-hydrogen) atoms. The topological polar surface area (TPSA) is 86.9 Å². The number of carbonyl (C=O) groups is 1. The van der Waals surface area contributed by atoms with Crippen molar-refractivity contribution in [2.75, 3.05) is 18.4 Å². The van der Waals surface area contributed by atoms with Gasteiger partial charge in [-0.1, -0.05) is 80.1 Å². The van der Waals surface area contributed by atoms with Gasteiger partial charge in [0.25, 0.3) is 11.5 Å². The molecule has 0 radical (unpaired) electrons. The summed E-state index contributed by atoms with van der Waals surface area (Å²) in [6.07, 6.45) is 5.35. The Labute approximate surface area is 207 Å². The molecule has 1 aliphatic rings. The van der Waals surface area contributed by atoms with Crippen molar-refractivity contribution in [3.63, 3.8) is 0 Å². The molecule has 4 rings (SSSR count). The van der Waals surface area contributed by atoms with Gasteiger partial charge >= 0.3 is 0 Å². The first-order valence-electron chi connectivity index (χ1n) is 11.2. The van der Waals surface area contributed by atoms with Crippen LogP contribution in [0.3, 0.4) is 0 Å². The third-order valence-electron chi connectivity index (χ3n) is 5.55. The van der Waals surface area contributed by atoms with Gasteiger partial charge in [0.05, 0.1) is 16.6 Å². The van der Waals surface area contributed by atoms with Gasteiger partial charge in [0.15, 0.2) is 0 Å². The number of benzene rings is 1. The maximum Gasteiger partial charge on any atom is 0.267 e. The molecule has 0 saturated carbocycles. The van der Waals surface area contributed by atoms with E-state index in [1.807, 2.05) is 30.3 Å². The van der Waals surface area contributed by atoms with E-state index in [2.05, 4.69) is 17.2 Å². The second-order valence-corrected chi connectivity index (χ2v) is 9.63. The van der Waals surface area contributed by atoms with Gasteiger partial charge in [-0.15, -0.1) is 0 Å². The average molecular weight is 495 g/mol. The maximum absolute atomic E-state index is 13.3. The lowest BCUT2D eigenvalue weighted by Gasteiger charge is -2.15. The van der Waals surface area contributed by atoms with Crippen LogP contribution in [-0.2, 0) is 4.79 Å². The fraction of sp³-hybridized carbons (Fsp3) is 0.280. The Hall–Kier alpha value is -3.01. The summed E-state index contributed by atoms with van der Waals surface area (Å²) in [5.41, 5.74) is 1.16. The molecule has 9 heteroatoms. The molecule has 7 nitrogen and oxygen atoms in total. The second kappa shape index (κ2) is 10.9. The van der Waals surface area contributed by atoms with Gasteiger partial charge in [0, 0.05) is 19.3 Å². The van der Waals surface area contributed by atoms with Crippen molar-refractivity contribution in [2.24, 2.45) is 0 Å². The maximum atomic E-state index is 13.3. The summed E-state index contributed by atoms with van der Waals surface area (Å²) >= 11 is 6.62. The highest BCUT2D eigenvalue weighted by molar-refractivity contribution is 8.26. The lowest BCUT2D eigenvalue weighted by atomic mass is 10.1. The molecule has 2 N–H and O–H groups in total. The lowest BCUT2D eigenvalue weighted by molar-refractivity contribution is -0.122. The zero-order chi connectivity index (χ0) is 24.1.